The number of amides is 1. The Hall–Kier alpha value is -2.44. The van der Waals surface area contributed by atoms with Crippen LogP contribution in [0.3, 0.4) is 0 Å². The number of furan rings is 1. The monoisotopic (exact) mass is 441 g/mol. The van der Waals surface area contributed by atoms with Gasteiger partial charge >= 0.3 is 0 Å². The fraction of sp³-hybridized carbons (Fsp3) is 0.348. The van der Waals surface area contributed by atoms with Gasteiger partial charge in [-0.3, -0.25) is 4.79 Å². The van der Waals surface area contributed by atoms with Gasteiger partial charge in [-0.1, -0.05) is 37.4 Å². The fourth-order valence-electron chi connectivity index (χ4n) is 4.75. The largest absolute Gasteiger partial charge is 0.450 e. The van der Waals surface area contributed by atoms with Crippen molar-refractivity contribution < 1.29 is 9.21 Å². The molecule has 156 valence electrons. The number of carbonyl (C=O) groups excluding carboxylic acids is 1. The molecule has 5 nitrogen and oxygen atoms in total. The Morgan fingerprint density at radius 1 is 1.30 bits per heavy atom. The molecule has 1 spiro atoms. The van der Waals surface area contributed by atoms with Gasteiger partial charge in [0.15, 0.2) is 5.76 Å². The van der Waals surface area contributed by atoms with Crippen LogP contribution < -0.4 is 16.0 Å². The average Bonchev–Trinajstić information content (AvgIpc) is 3.38. The molecule has 1 amide bonds. The first-order valence-electron chi connectivity index (χ1n) is 10.4. The van der Waals surface area contributed by atoms with Gasteiger partial charge in [-0.2, -0.15) is 11.3 Å². The number of carbonyl (C=O) groups is 1. The number of halogens is 1. The van der Waals surface area contributed by atoms with E-state index in [1.807, 2.05) is 11.4 Å². The van der Waals surface area contributed by atoms with E-state index in [4.69, 9.17) is 16.0 Å². The van der Waals surface area contributed by atoms with Crippen LogP contribution in [0.4, 0.5) is 5.69 Å². The number of hydrogen-bond donors (Lipinski definition) is 3. The zero-order chi connectivity index (χ0) is 20.7. The van der Waals surface area contributed by atoms with E-state index >= 15 is 0 Å². The summed E-state index contributed by atoms with van der Waals surface area (Å²) >= 11 is 8.31. The van der Waals surface area contributed by atoms with Gasteiger partial charge in [-0.05, 0) is 53.8 Å². The molecule has 0 saturated heterocycles. The van der Waals surface area contributed by atoms with Crippen LogP contribution in [0, 0.1) is 0 Å². The second-order valence-corrected chi connectivity index (χ2v) is 9.33. The number of rotatable bonds is 4. The lowest BCUT2D eigenvalue weighted by atomic mass is 9.74. The van der Waals surface area contributed by atoms with Crippen LogP contribution in [0.5, 0.6) is 0 Å². The lowest BCUT2D eigenvalue weighted by Gasteiger charge is -2.44. The van der Waals surface area contributed by atoms with E-state index in [-0.39, 0.29) is 11.4 Å². The highest BCUT2D eigenvalue weighted by molar-refractivity contribution is 7.07. The summed E-state index contributed by atoms with van der Waals surface area (Å²) < 4.78 is 6.16. The molecule has 1 aliphatic heterocycles. The Morgan fingerprint density at radius 3 is 2.90 bits per heavy atom. The molecule has 1 aliphatic carbocycles. The highest BCUT2D eigenvalue weighted by Crippen LogP contribution is 2.49. The van der Waals surface area contributed by atoms with Gasteiger partial charge in [-0.15, -0.1) is 0 Å². The molecule has 0 unspecified atom stereocenters. The molecule has 1 saturated carbocycles. The van der Waals surface area contributed by atoms with Crippen LogP contribution in [-0.2, 0) is 12.0 Å². The number of nitrogens with one attached hydrogen (secondary N) is 3. The van der Waals surface area contributed by atoms with Crippen LogP contribution in [0.25, 0.3) is 11.0 Å². The summed E-state index contributed by atoms with van der Waals surface area (Å²) in [7, 11) is 0. The van der Waals surface area contributed by atoms with Gasteiger partial charge < -0.3 is 20.4 Å². The number of thiophene rings is 1. The first kappa shape index (κ1) is 19.5. The first-order valence-corrected chi connectivity index (χ1v) is 11.7. The summed E-state index contributed by atoms with van der Waals surface area (Å²) in [5.41, 5.74) is 3.56. The molecule has 1 aromatic carbocycles. The van der Waals surface area contributed by atoms with E-state index < -0.39 is 0 Å². The van der Waals surface area contributed by atoms with Gasteiger partial charge in [0, 0.05) is 17.5 Å². The van der Waals surface area contributed by atoms with Crippen molar-refractivity contribution in [2.75, 3.05) is 11.9 Å². The Kier molecular flexibility index (Phi) is 4.99. The maximum atomic E-state index is 12.7. The average molecular weight is 442 g/mol. The first-order chi connectivity index (χ1) is 14.6. The van der Waals surface area contributed by atoms with E-state index in [1.165, 1.54) is 12.0 Å². The quantitative estimate of drug-likeness (QED) is 0.481. The van der Waals surface area contributed by atoms with Gasteiger partial charge in [0.05, 0.1) is 22.1 Å². The van der Waals surface area contributed by atoms with E-state index in [9.17, 15) is 4.79 Å². The third kappa shape index (κ3) is 3.38. The lowest BCUT2D eigenvalue weighted by molar-refractivity contribution is 0.0928. The van der Waals surface area contributed by atoms with Crippen LogP contribution in [0.2, 0.25) is 5.02 Å². The van der Waals surface area contributed by atoms with Crippen molar-refractivity contribution in [3.05, 3.63) is 63.3 Å². The SMILES string of the molecule is C=C1Nc2c(Cl)cc3cc(C(=O)NCCc4ccsc4)oc3c2C2(CCCCC2)N1. The molecule has 30 heavy (non-hydrogen) atoms. The molecular weight excluding hydrogens is 418 g/mol. The van der Waals surface area contributed by atoms with Crippen molar-refractivity contribution >= 4 is 45.5 Å². The molecule has 3 aromatic rings. The fourth-order valence-corrected chi connectivity index (χ4v) is 5.71. The van der Waals surface area contributed by atoms with Crippen LogP contribution in [0.15, 0.2) is 45.8 Å². The highest BCUT2D eigenvalue weighted by Gasteiger charge is 2.42. The van der Waals surface area contributed by atoms with Crippen molar-refractivity contribution in [3.8, 4) is 0 Å². The summed E-state index contributed by atoms with van der Waals surface area (Å²) in [5, 5.41) is 15.4. The van der Waals surface area contributed by atoms with Crippen molar-refractivity contribution in [1.29, 1.82) is 0 Å². The molecule has 5 rings (SSSR count). The molecule has 3 N–H and O–H groups in total. The van der Waals surface area contributed by atoms with Crippen molar-refractivity contribution in [2.45, 2.75) is 44.1 Å². The van der Waals surface area contributed by atoms with E-state index in [0.717, 1.165) is 60.1 Å². The topological polar surface area (TPSA) is 66.3 Å². The lowest BCUT2D eigenvalue weighted by Crippen LogP contribution is -2.48. The predicted octanol–water partition coefficient (Wildman–Crippen LogP) is 5.77. The standard InChI is InChI=1S/C23H24ClN3O2S/c1-14-26-20-17(24)11-16-12-18(22(28)25-9-5-15-6-10-30-13-15)29-21(16)19(20)23(27-14)7-3-2-4-8-23/h6,10-13,26-27H,1-5,7-9H2,(H,25,28). The summed E-state index contributed by atoms with van der Waals surface area (Å²) in [5.74, 6) is 0.865. The van der Waals surface area contributed by atoms with Gasteiger partial charge in [0.2, 0.25) is 0 Å². The Bertz CT molecular complexity index is 1110. The maximum absolute atomic E-state index is 12.7. The number of hydrogen-bond acceptors (Lipinski definition) is 5. The molecule has 0 bridgehead atoms. The number of benzene rings is 1. The molecule has 2 aliphatic rings. The second kappa shape index (κ2) is 7.67. The molecule has 2 aromatic heterocycles. The second-order valence-electron chi connectivity index (χ2n) is 8.15. The third-order valence-corrected chi connectivity index (χ3v) is 7.14. The predicted molar refractivity (Wildman–Crippen MR) is 122 cm³/mol. The van der Waals surface area contributed by atoms with Gasteiger partial charge in [-0.25, -0.2) is 0 Å². The van der Waals surface area contributed by atoms with Gasteiger partial charge in [0.25, 0.3) is 5.91 Å². The summed E-state index contributed by atoms with van der Waals surface area (Å²) in [6, 6.07) is 5.73. The van der Waals surface area contributed by atoms with Crippen molar-refractivity contribution in [1.82, 2.24) is 10.6 Å². The number of anilines is 1. The molecule has 3 heterocycles. The third-order valence-electron chi connectivity index (χ3n) is 6.11. The van der Waals surface area contributed by atoms with E-state index in [2.05, 4.69) is 34.0 Å². The Morgan fingerprint density at radius 2 is 2.13 bits per heavy atom. The Balaban J connectivity index is 1.49. The summed E-state index contributed by atoms with van der Waals surface area (Å²) in [6.45, 7) is 4.66. The van der Waals surface area contributed by atoms with Crippen LogP contribution >= 0.6 is 22.9 Å². The van der Waals surface area contributed by atoms with Crippen LogP contribution in [-0.4, -0.2) is 12.5 Å². The van der Waals surface area contributed by atoms with E-state index in [0.29, 0.717) is 17.3 Å². The minimum atomic E-state index is -0.260. The normalized spacial score (nSPS) is 17.4. The zero-order valence-corrected chi connectivity index (χ0v) is 18.2. The van der Waals surface area contributed by atoms with Crippen molar-refractivity contribution in [2.24, 2.45) is 0 Å². The van der Waals surface area contributed by atoms with Crippen LogP contribution in [0.1, 0.15) is 53.8 Å². The highest BCUT2D eigenvalue weighted by atomic mass is 35.5. The maximum Gasteiger partial charge on any atom is 0.287 e. The molecule has 0 radical (unpaired) electrons. The molecular formula is C23H24ClN3O2S. The zero-order valence-electron chi connectivity index (χ0n) is 16.6. The summed E-state index contributed by atoms with van der Waals surface area (Å²) in [4.78, 5) is 12.7. The van der Waals surface area contributed by atoms with Crippen molar-refractivity contribution in [3.63, 3.8) is 0 Å². The minimum Gasteiger partial charge on any atom is -0.450 e. The summed E-state index contributed by atoms with van der Waals surface area (Å²) in [6.07, 6.45) is 6.25. The minimum absolute atomic E-state index is 0.204. The van der Waals surface area contributed by atoms with E-state index in [1.54, 1.807) is 17.4 Å². The number of fused-ring (bicyclic) bond motifs is 4. The van der Waals surface area contributed by atoms with Gasteiger partial charge in [0.1, 0.15) is 5.58 Å². The smallest absolute Gasteiger partial charge is 0.287 e. The molecule has 7 heteroatoms. The Labute approximate surface area is 184 Å². The molecule has 0 atom stereocenters. The molecule has 1 fully saturated rings.